The highest BCUT2D eigenvalue weighted by Crippen LogP contribution is 2.31. The Kier molecular flexibility index (Phi) is 6.11. The third-order valence-corrected chi connectivity index (χ3v) is 5.37. The molecule has 3 nitrogen and oxygen atoms in total. The Morgan fingerprint density at radius 3 is 2.68 bits per heavy atom. The van der Waals surface area contributed by atoms with Gasteiger partial charge in [-0.1, -0.05) is 36.4 Å². The first-order valence-electron chi connectivity index (χ1n) is 9.32. The summed E-state index contributed by atoms with van der Waals surface area (Å²) in [7, 11) is 1.69. The molecule has 2 aromatic carbocycles. The normalized spacial score (nSPS) is 20.8. The molecule has 134 valence electrons. The van der Waals surface area contributed by atoms with Crippen molar-refractivity contribution < 1.29 is 9.84 Å². The number of unbranched alkanes of at least 4 members (excludes halogenated alkanes) is 1. The van der Waals surface area contributed by atoms with Gasteiger partial charge >= 0.3 is 0 Å². The second-order valence-corrected chi connectivity index (χ2v) is 6.98. The summed E-state index contributed by atoms with van der Waals surface area (Å²) >= 11 is 0. The molecule has 0 saturated carbocycles. The van der Waals surface area contributed by atoms with Gasteiger partial charge in [-0.15, -0.1) is 0 Å². The van der Waals surface area contributed by atoms with Crippen LogP contribution >= 0.6 is 0 Å². The molecule has 0 aromatic heterocycles. The third-order valence-electron chi connectivity index (χ3n) is 5.37. The molecule has 0 fully saturated rings. The predicted molar refractivity (Wildman–Crippen MR) is 102 cm³/mol. The van der Waals surface area contributed by atoms with Crippen LogP contribution in [0, 0.1) is 0 Å². The highest BCUT2D eigenvalue weighted by Gasteiger charge is 2.28. The number of aliphatic hydroxyl groups excluding tert-OH is 1. The van der Waals surface area contributed by atoms with Crippen molar-refractivity contribution in [1.29, 1.82) is 0 Å². The molecule has 0 amide bonds. The van der Waals surface area contributed by atoms with Gasteiger partial charge in [-0.2, -0.15) is 0 Å². The molecule has 2 aromatic rings. The Hall–Kier alpha value is -1.84. The van der Waals surface area contributed by atoms with Crippen molar-refractivity contribution in [2.24, 2.45) is 0 Å². The van der Waals surface area contributed by atoms with Gasteiger partial charge in [0.25, 0.3) is 0 Å². The number of hydrogen-bond donors (Lipinski definition) is 1. The van der Waals surface area contributed by atoms with E-state index < -0.39 is 6.10 Å². The molecule has 1 aliphatic heterocycles. The number of aliphatic hydroxyl groups is 1. The van der Waals surface area contributed by atoms with Crippen molar-refractivity contribution in [2.45, 2.75) is 44.8 Å². The molecule has 2 atom stereocenters. The van der Waals surface area contributed by atoms with E-state index in [9.17, 15) is 5.11 Å². The van der Waals surface area contributed by atoms with Crippen molar-refractivity contribution in [3.8, 4) is 5.75 Å². The molecule has 3 heteroatoms. The molecule has 0 unspecified atom stereocenters. The Bertz CT molecular complexity index is 671. The Balaban J connectivity index is 1.57. The van der Waals surface area contributed by atoms with Crippen molar-refractivity contribution >= 4 is 0 Å². The largest absolute Gasteiger partial charge is 0.497 e. The molecule has 0 saturated heterocycles. The summed E-state index contributed by atoms with van der Waals surface area (Å²) in [5.41, 5.74) is 3.68. The van der Waals surface area contributed by atoms with Gasteiger partial charge < -0.3 is 9.84 Å². The Morgan fingerprint density at radius 1 is 1.12 bits per heavy atom. The number of nitrogens with zero attached hydrogens (tertiary/aromatic N) is 1. The van der Waals surface area contributed by atoms with Gasteiger partial charge in [0.1, 0.15) is 5.75 Å². The van der Waals surface area contributed by atoms with Crippen LogP contribution < -0.4 is 4.74 Å². The van der Waals surface area contributed by atoms with Gasteiger partial charge in [-0.05, 0) is 68.0 Å². The van der Waals surface area contributed by atoms with Crippen LogP contribution in [0.15, 0.2) is 48.5 Å². The third kappa shape index (κ3) is 4.42. The van der Waals surface area contributed by atoms with Crippen LogP contribution in [0.3, 0.4) is 0 Å². The van der Waals surface area contributed by atoms with Gasteiger partial charge in [-0.25, -0.2) is 0 Å². The smallest absolute Gasteiger partial charge is 0.119 e. The van der Waals surface area contributed by atoms with Crippen LogP contribution in [0.4, 0.5) is 0 Å². The average Bonchev–Trinajstić information content (AvgIpc) is 2.77. The molecular weight excluding hydrogens is 310 g/mol. The SMILES string of the molecule is COc1ccc2c(c1)CCN(CCCCc1ccccc1)[C@H](C)[C@H]2O. The van der Waals surface area contributed by atoms with E-state index in [1.807, 2.05) is 12.1 Å². The molecule has 0 aliphatic carbocycles. The van der Waals surface area contributed by atoms with Crippen LogP contribution in [0.25, 0.3) is 0 Å². The van der Waals surface area contributed by atoms with Crippen LogP contribution in [0.1, 0.15) is 42.6 Å². The molecule has 1 N–H and O–H groups in total. The first kappa shape index (κ1) is 18.0. The molecule has 25 heavy (non-hydrogen) atoms. The van der Waals surface area contributed by atoms with Crippen molar-refractivity contribution in [3.63, 3.8) is 0 Å². The lowest BCUT2D eigenvalue weighted by Gasteiger charge is -2.30. The van der Waals surface area contributed by atoms with Crippen LogP contribution in [0.2, 0.25) is 0 Å². The Morgan fingerprint density at radius 2 is 1.92 bits per heavy atom. The minimum atomic E-state index is -0.433. The molecule has 1 heterocycles. The van der Waals surface area contributed by atoms with Crippen molar-refractivity contribution in [2.75, 3.05) is 20.2 Å². The van der Waals surface area contributed by atoms with Crippen LogP contribution in [-0.2, 0) is 12.8 Å². The van der Waals surface area contributed by atoms with Gasteiger partial charge in [-0.3, -0.25) is 4.90 Å². The Labute approximate surface area is 151 Å². The topological polar surface area (TPSA) is 32.7 Å². The fourth-order valence-corrected chi connectivity index (χ4v) is 3.75. The summed E-state index contributed by atoms with van der Waals surface area (Å²) in [4.78, 5) is 2.43. The van der Waals surface area contributed by atoms with Crippen molar-refractivity contribution in [3.05, 3.63) is 65.2 Å². The summed E-state index contributed by atoms with van der Waals surface area (Å²) in [5, 5.41) is 10.8. The first-order chi connectivity index (χ1) is 12.2. The highest BCUT2D eigenvalue weighted by atomic mass is 16.5. The monoisotopic (exact) mass is 339 g/mol. The summed E-state index contributed by atoms with van der Waals surface area (Å²) < 4.78 is 5.34. The fraction of sp³-hybridized carbons (Fsp3) is 0.455. The van der Waals surface area contributed by atoms with Crippen molar-refractivity contribution in [1.82, 2.24) is 4.90 Å². The quantitative estimate of drug-likeness (QED) is 0.808. The van der Waals surface area contributed by atoms with E-state index in [2.05, 4.69) is 48.2 Å². The maximum atomic E-state index is 10.8. The van der Waals surface area contributed by atoms with E-state index >= 15 is 0 Å². The molecule has 0 radical (unpaired) electrons. The maximum absolute atomic E-state index is 10.8. The van der Waals surface area contributed by atoms with Gasteiger partial charge in [0, 0.05) is 12.6 Å². The van der Waals surface area contributed by atoms with E-state index in [4.69, 9.17) is 4.74 Å². The molecule has 1 aliphatic rings. The minimum absolute atomic E-state index is 0.145. The van der Waals surface area contributed by atoms with Gasteiger partial charge in [0.2, 0.25) is 0 Å². The van der Waals surface area contributed by atoms with Crippen LogP contribution in [-0.4, -0.2) is 36.2 Å². The lowest BCUT2D eigenvalue weighted by atomic mass is 9.98. The lowest BCUT2D eigenvalue weighted by molar-refractivity contribution is 0.0635. The molecular formula is C22H29NO2. The second kappa shape index (κ2) is 8.50. The van der Waals surface area contributed by atoms with Gasteiger partial charge in [0.15, 0.2) is 0 Å². The number of benzene rings is 2. The summed E-state index contributed by atoms with van der Waals surface area (Å²) in [6.45, 7) is 4.17. The minimum Gasteiger partial charge on any atom is -0.497 e. The number of methoxy groups -OCH3 is 1. The summed E-state index contributed by atoms with van der Waals surface area (Å²) in [5.74, 6) is 0.870. The first-order valence-corrected chi connectivity index (χ1v) is 9.32. The standard InChI is InChI=1S/C22H29NO2/c1-17-22(24)21-12-11-20(25-2)16-19(21)13-15-23(17)14-7-6-10-18-8-4-3-5-9-18/h3-5,8-9,11-12,16-17,22,24H,6-7,10,13-15H2,1-2H3/t17-,22-/m1/s1. The van der Waals surface area contributed by atoms with Gasteiger partial charge in [0.05, 0.1) is 13.2 Å². The summed E-state index contributed by atoms with van der Waals surface area (Å²) in [6, 6.07) is 16.9. The number of ether oxygens (including phenoxy) is 1. The van der Waals surface area contributed by atoms with E-state index in [0.717, 1.165) is 43.7 Å². The van der Waals surface area contributed by atoms with Crippen LogP contribution in [0.5, 0.6) is 5.75 Å². The van der Waals surface area contributed by atoms with E-state index in [0.29, 0.717) is 0 Å². The molecule has 3 rings (SSSR count). The lowest BCUT2D eigenvalue weighted by Crippen LogP contribution is -2.37. The number of rotatable bonds is 6. The zero-order valence-corrected chi connectivity index (χ0v) is 15.3. The van der Waals surface area contributed by atoms with E-state index in [-0.39, 0.29) is 6.04 Å². The second-order valence-electron chi connectivity index (χ2n) is 6.98. The van der Waals surface area contributed by atoms with E-state index in [1.165, 1.54) is 17.5 Å². The predicted octanol–water partition coefficient (Wildman–Crippen LogP) is 4.00. The maximum Gasteiger partial charge on any atom is 0.119 e. The zero-order chi connectivity index (χ0) is 17.6. The number of fused-ring (bicyclic) bond motifs is 1. The summed E-state index contributed by atoms with van der Waals surface area (Å²) in [6.07, 6.45) is 4.00. The number of aryl methyl sites for hydroxylation is 1. The fourth-order valence-electron chi connectivity index (χ4n) is 3.75. The number of hydrogen-bond acceptors (Lipinski definition) is 3. The van der Waals surface area contributed by atoms with E-state index in [1.54, 1.807) is 7.11 Å². The molecule has 0 spiro atoms. The average molecular weight is 339 g/mol. The zero-order valence-electron chi connectivity index (χ0n) is 15.3. The molecule has 0 bridgehead atoms. The highest BCUT2D eigenvalue weighted by molar-refractivity contribution is 5.38.